The molecule has 152 valence electrons. The summed E-state index contributed by atoms with van der Waals surface area (Å²) in [6.45, 7) is 0.364. The Morgan fingerprint density at radius 2 is 1.93 bits per heavy atom. The van der Waals surface area contributed by atoms with Gasteiger partial charge in [-0.3, -0.25) is 14.2 Å². The standard InChI is InChI=1S/C22H19N3O5/c1-29-16-7-4-14(5-8-16)13-25-21(27)18-9-6-15(11-19(18)24-22(25)28)20(26)23-12-17-3-2-10-30-17/h2-11H,12-13H2,1H3,(H,23,26)(H,24,28). The molecule has 0 bridgehead atoms. The number of methoxy groups -OCH3 is 1. The lowest BCUT2D eigenvalue weighted by Gasteiger charge is -2.09. The fraction of sp³-hybridized carbons (Fsp3) is 0.136. The third kappa shape index (κ3) is 3.88. The highest BCUT2D eigenvalue weighted by Crippen LogP contribution is 2.13. The van der Waals surface area contributed by atoms with Gasteiger partial charge in [0.1, 0.15) is 11.5 Å². The van der Waals surface area contributed by atoms with Crippen molar-refractivity contribution in [2.45, 2.75) is 13.1 Å². The maximum absolute atomic E-state index is 12.8. The molecule has 4 rings (SSSR count). The molecule has 0 radical (unpaired) electrons. The van der Waals surface area contributed by atoms with Crippen LogP contribution in [0, 0.1) is 0 Å². The summed E-state index contributed by atoms with van der Waals surface area (Å²) in [5.41, 5.74) is 0.457. The van der Waals surface area contributed by atoms with E-state index in [9.17, 15) is 14.4 Å². The van der Waals surface area contributed by atoms with E-state index in [0.717, 1.165) is 10.1 Å². The van der Waals surface area contributed by atoms with E-state index in [1.165, 1.54) is 12.3 Å². The molecule has 8 nitrogen and oxygen atoms in total. The van der Waals surface area contributed by atoms with Gasteiger partial charge in [-0.2, -0.15) is 0 Å². The van der Waals surface area contributed by atoms with Crippen LogP contribution in [-0.4, -0.2) is 22.6 Å². The number of hydrogen-bond donors (Lipinski definition) is 2. The fourth-order valence-corrected chi connectivity index (χ4v) is 3.14. The van der Waals surface area contributed by atoms with Crippen LogP contribution < -0.4 is 21.3 Å². The number of rotatable bonds is 6. The Kier molecular flexibility index (Phi) is 5.21. The zero-order valence-corrected chi connectivity index (χ0v) is 16.2. The number of aromatic amines is 1. The van der Waals surface area contributed by atoms with E-state index in [0.29, 0.717) is 28.0 Å². The molecular weight excluding hydrogens is 386 g/mol. The van der Waals surface area contributed by atoms with Crippen molar-refractivity contribution >= 4 is 16.8 Å². The summed E-state index contributed by atoms with van der Waals surface area (Å²) in [6.07, 6.45) is 1.53. The average Bonchev–Trinajstić information content (AvgIpc) is 3.28. The summed E-state index contributed by atoms with van der Waals surface area (Å²) in [5.74, 6) is 0.979. The Hall–Kier alpha value is -4.07. The summed E-state index contributed by atoms with van der Waals surface area (Å²) in [6, 6.07) is 15.2. The third-order valence-electron chi connectivity index (χ3n) is 4.75. The summed E-state index contributed by atoms with van der Waals surface area (Å²) in [7, 11) is 1.57. The first-order chi connectivity index (χ1) is 14.5. The highest BCUT2D eigenvalue weighted by atomic mass is 16.5. The normalized spacial score (nSPS) is 10.8. The van der Waals surface area contributed by atoms with Crippen LogP contribution in [0.4, 0.5) is 0 Å². The molecule has 0 aliphatic carbocycles. The first-order valence-corrected chi connectivity index (χ1v) is 9.25. The van der Waals surface area contributed by atoms with Gasteiger partial charge in [0.25, 0.3) is 11.5 Å². The summed E-state index contributed by atoms with van der Waals surface area (Å²) < 4.78 is 11.4. The molecular formula is C22H19N3O5. The van der Waals surface area contributed by atoms with Crippen LogP contribution in [0.2, 0.25) is 0 Å². The Balaban J connectivity index is 1.60. The molecule has 0 aliphatic heterocycles. The van der Waals surface area contributed by atoms with Gasteiger partial charge in [0.05, 0.1) is 37.4 Å². The first kappa shape index (κ1) is 19.3. The molecule has 4 aromatic rings. The number of aromatic nitrogens is 2. The predicted molar refractivity (Wildman–Crippen MR) is 111 cm³/mol. The van der Waals surface area contributed by atoms with Crippen molar-refractivity contribution in [3.05, 3.63) is 98.6 Å². The zero-order valence-electron chi connectivity index (χ0n) is 16.2. The second-order valence-corrected chi connectivity index (χ2v) is 6.69. The van der Waals surface area contributed by atoms with Gasteiger partial charge in [0.2, 0.25) is 0 Å². The number of amides is 1. The lowest BCUT2D eigenvalue weighted by Crippen LogP contribution is -2.35. The molecule has 2 heterocycles. The molecule has 1 amide bonds. The molecule has 0 fully saturated rings. The minimum Gasteiger partial charge on any atom is -0.497 e. The van der Waals surface area contributed by atoms with Gasteiger partial charge >= 0.3 is 5.69 Å². The molecule has 0 atom stereocenters. The summed E-state index contributed by atoms with van der Waals surface area (Å²) >= 11 is 0. The van der Waals surface area contributed by atoms with E-state index in [4.69, 9.17) is 9.15 Å². The number of nitrogens with zero attached hydrogens (tertiary/aromatic N) is 1. The van der Waals surface area contributed by atoms with Gasteiger partial charge in [-0.05, 0) is 48.0 Å². The second kappa shape index (κ2) is 8.12. The summed E-state index contributed by atoms with van der Waals surface area (Å²) in [5, 5.41) is 3.06. The number of carbonyl (C=O) groups excluding carboxylic acids is 1. The Labute approximate surface area is 170 Å². The van der Waals surface area contributed by atoms with Gasteiger partial charge in [0, 0.05) is 5.56 Å². The SMILES string of the molecule is COc1ccc(Cn2c(=O)[nH]c3cc(C(=O)NCc4ccco4)ccc3c2=O)cc1. The summed E-state index contributed by atoms with van der Waals surface area (Å²) in [4.78, 5) is 40.4. The van der Waals surface area contributed by atoms with Crippen LogP contribution in [0.5, 0.6) is 5.75 Å². The highest BCUT2D eigenvalue weighted by molar-refractivity contribution is 5.97. The van der Waals surface area contributed by atoms with Gasteiger partial charge in [-0.1, -0.05) is 12.1 Å². The molecule has 8 heteroatoms. The Morgan fingerprint density at radius 3 is 2.63 bits per heavy atom. The van der Waals surface area contributed by atoms with Crippen molar-refractivity contribution < 1.29 is 13.9 Å². The van der Waals surface area contributed by atoms with Crippen LogP contribution >= 0.6 is 0 Å². The Bertz CT molecular complexity index is 1300. The molecule has 30 heavy (non-hydrogen) atoms. The van der Waals surface area contributed by atoms with E-state index in [1.54, 1.807) is 55.6 Å². The topological polar surface area (TPSA) is 106 Å². The molecule has 0 aliphatic rings. The number of ether oxygens (including phenoxy) is 1. The highest BCUT2D eigenvalue weighted by Gasteiger charge is 2.12. The second-order valence-electron chi connectivity index (χ2n) is 6.69. The lowest BCUT2D eigenvalue weighted by molar-refractivity contribution is 0.0948. The van der Waals surface area contributed by atoms with Crippen molar-refractivity contribution in [3.63, 3.8) is 0 Å². The molecule has 2 aromatic heterocycles. The van der Waals surface area contributed by atoms with Crippen molar-refractivity contribution in [1.29, 1.82) is 0 Å². The van der Waals surface area contributed by atoms with Crippen LogP contribution in [0.1, 0.15) is 21.7 Å². The number of H-pyrrole nitrogens is 1. The molecule has 2 aromatic carbocycles. The lowest BCUT2D eigenvalue weighted by atomic mass is 10.1. The van der Waals surface area contributed by atoms with Crippen LogP contribution in [0.3, 0.4) is 0 Å². The van der Waals surface area contributed by atoms with Crippen LogP contribution in [0.15, 0.2) is 74.9 Å². The van der Waals surface area contributed by atoms with E-state index in [-0.39, 0.29) is 19.0 Å². The maximum atomic E-state index is 12.8. The Morgan fingerprint density at radius 1 is 1.13 bits per heavy atom. The maximum Gasteiger partial charge on any atom is 0.329 e. The van der Waals surface area contributed by atoms with Crippen molar-refractivity contribution in [2.24, 2.45) is 0 Å². The number of hydrogen-bond acceptors (Lipinski definition) is 5. The smallest absolute Gasteiger partial charge is 0.329 e. The number of nitrogens with one attached hydrogen (secondary N) is 2. The number of benzene rings is 2. The molecule has 0 saturated carbocycles. The van der Waals surface area contributed by atoms with Crippen molar-refractivity contribution in [1.82, 2.24) is 14.9 Å². The van der Waals surface area contributed by atoms with Crippen molar-refractivity contribution in [2.75, 3.05) is 7.11 Å². The minimum atomic E-state index is -0.545. The predicted octanol–water partition coefficient (Wildman–Crippen LogP) is 2.27. The number of carbonyl (C=O) groups is 1. The van der Waals surface area contributed by atoms with E-state index >= 15 is 0 Å². The van der Waals surface area contributed by atoms with Gasteiger partial charge in [-0.25, -0.2) is 4.79 Å². The first-order valence-electron chi connectivity index (χ1n) is 9.25. The van der Waals surface area contributed by atoms with Gasteiger partial charge in [0.15, 0.2) is 0 Å². The van der Waals surface area contributed by atoms with Gasteiger partial charge in [-0.15, -0.1) is 0 Å². The third-order valence-corrected chi connectivity index (χ3v) is 4.75. The molecule has 2 N–H and O–H groups in total. The van der Waals surface area contributed by atoms with Crippen LogP contribution in [0.25, 0.3) is 10.9 Å². The van der Waals surface area contributed by atoms with Crippen molar-refractivity contribution in [3.8, 4) is 5.75 Å². The number of furan rings is 1. The minimum absolute atomic E-state index is 0.124. The largest absolute Gasteiger partial charge is 0.497 e. The van der Waals surface area contributed by atoms with E-state index in [1.807, 2.05) is 0 Å². The average molecular weight is 405 g/mol. The monoisotopic (exact) mass is 405 g/mol. The zero-order chi connectivity index (χ0) is 21.1. The number of fused-ring (bicyclic) bond motifs is 1. The molecule has 0 unspecified atom stereocenters. The van der Waals surface area contributed by atoms with E-state index < -0.39 is 11.2 Å². The van der Waals surface area contributed by atoms with Gasteiger partial charge < -0.3 is 19.5 Å². The van der Waals surface area contributed by atoms with Crippen LogP contribution in [-0.2, 0) is 13.1 Å². The quantitative estimate of drug-likeness (QED) is 0.512. The fourth-order valence-electron chi connectivity index (χ4n) is 3.14. The molecule has 0 spiro atoms. The van der Waals surface area contributed by atoms with E-state index in [2.05, 4.69) is 10.3 Å². The molecule has 0 saturated heterocycles.